The van der Waals surface area contributed by atoms with Crippen molar-refractivity contribution in [2.75, 3.05) is 19.6 Å². The molecule has 0 aromatic carbocycles. The molecule has 3 unspecified atom stereocenters. The third kappa shape index (κ3) is 14.6. The lowest BCUT2D eigenvalue weighted by atomic mass is 10.1. The maximum Gasteiger partial charge on any atom is 0.322 e. The van der Waals surface area contributed by atoms with Crippen LogP contribution >= 0.6 is 0 Å². The molecule has 194 valence electrons. The second kappa shape index (κ2) is 17.1. The first-order chi connectivity index (χ1) is 16.0. The minimum atomic E-state index is -1.27. The highest BCUT2D eigenvalue weighted by atomic mass is 16.4. The Kier molecular flexibility index (Phi) is 15.3. The maximum atomic E-state index is 12.9. The molecule has 0 bridgehead atoms. The van der Waals surface area contributed by atoms with E-state index < -0.39 is 54.3 Å². The Hall–Kier alpha value is -3.46. The van der Waals surface area contributed by atoms with Gasteiger partial charge in [0.05, 0.1) is 6.04 Å². The molecule has 0 radical (unpaired) electrons. The first-order valence-electron chi connectivity index (χ1n) is 10.9. The Morgan fingerprint density at radius 1 is 0.824 bits per heavy atom. The molecule has 0 aliphatic rings. The summed E-state index contributed by atoms with van der Waals surface area (Å²) in [5, 5.41) is 15.9. The number of aliphatic carboxylic acids is 1. The summed E-state index contributed by atoms with van der Waals surface area (Å²) >= 11 is 0. The average Bonchev–Trinajstić information content (AvgIpc) is 2.76. The zero-order valence-electron chi connectivity index (χ0n) is 19.1. The van der Waals surface area contributed by atoms with Crippen molar-refractivity contribution in [3.8, 4) is 0 Å². The third-order valence-corrected chi connectivity index (χ3v) is 4.61. The van der Waals surface area contributed by atoms with Gasteiger partial charge in [-0.15, -0.1) is 0 Å². The van der Waals surface area contributed by atoms with Gasteiger partial charge >= 0.3 is 5.97 Å². The number of unbranched alkanes of at least 4 members (excludes halogenated alkanes) is 1. The van der Waals surface area contributed by atoms with E-state index in [4.69, 9.17) is 33.8 Å². The normalized spacial score (nSPS) is 13.1. The smallest absolute Gasteiger partial charge is 0.322 e. The van der Waals surface area contributed by atoms with Crippen molar-refractivity contribution >= 4 is 35.6 Å². The van der Waals surface area contributed by atoms with Crippen molar-refractivity contribution in [1.29, 1.82) is 0 Å². The fraction of sp³-hybridized carbons (Fsp3) is 0.684. The molecule has 14 N–H and O–H groups in total. The number of rotatable bonds is 18. The second-order valence-electron chi connectivity index (χ2n) is 7.58. The minimum absolute atomic E-state index is 0.0725. The van der Waals surface area contributed by atoms with Crippen molar-refractivity contribution < 1.29 is 29.1 Å². The molecule has 0 aromatic heterocycles. The van der Waals surface area contributed by atoms with Crippen LogP contribution in [-0.2, 0) is 24.0 Å². The van der Waals surface area contributed by atoms with Crippen LogP contribution in [0.3, 0.4) is 0 Å². The van der Waals surface area contributed by atoms with Crippen molar-refractivity contribution in [1.82, 2.24) is 16.0 Å². The SMILES string of the molecule is NCCCCC(N)C(=O)NC(CCC(N)=O)C(=O)NC(CCCN=C(N)N)C(=O)NCC(=O)O. The van der Waals surface area contributed by atoms with E-state index in [-0.39, 0.29) is 38.2 Å². The maximum absolute atomic E-state index is 12.9. The molecular weight excluding hydrogens is 450 g/mol. The quantitative estimate of drug-likeness (QED) is 0.0511. The van der Waals surface area contributed by atoms with E-state index in [0.29, 0.717) is 25.8 Å². The summed E-state index contributed by atoms with van der Waals surface area (Å²) in [4.78, 5) is 63.5. The van der Waals surface area contributed by atoms with Gasteiger partial charge in [0.15, 0.2) is 5.96 Å². The largest absolute Gasteiger partial charge is 0.480 e. The number of hydrogen-bond acceptors (Lipinski definition) is 8. The number of nitrogens with one attached hydrogen (secondary N) is 3. The van der Waals surface area contributed by atoms with Crippen LogP contribution in [0.4, 0.5) is 0 Å². The molecule has 0 aliphatic heterocycles. The summed E-state index contributed by atoms with van der Waals surface area (Å²) in [5.74, 6) is -4.23. The van der Waals surface area contributed by atoms with Gasteiger partial charge in [-0.05, 0) is 38.6 Å². The van der Waals surface area contributed by atoms with E-state index in [1.165, 1.54) is 0 Å². The Morgan fingerprint density at radius 2 is 1.44 bits per heavy atom. The first-order valence-corrected chi connectivity index (χ1v) is 10.9. The number of carboxylic acids is 1. The number of carboxylic acid groups (broad SMARTS) is 1. The predicted octanol–water partition coefficient (Wildman–Crippen LogP) is -4.07. The van der Waals surface area contributed by atoms with Gasteiger partial charge in [0.2, 0.25) is 23.6 Å². The predicted molar refractivity (Wildman–Crippen MR) is 124 cm³/mol. The van der Waals surface area contributed by atoms with Gasteiger partial charge in [-0.1, -0.05) is 6.42 Å². The van der Waals surface area contributed by atoms with Crippen LogP contribution in [0.15, 0.2) is 4.99 Å². The van der Waals surface area contributed by atoms with Crippen molar-refractivity contribution in [2.24, 2.45) is 33.7 Å². The van der Waals surface area contributed by atoms with Crippen LogP contribution in [0.1, 0.15) is 44.9 Å². The van der Waals surface area contributed by atoms with E-state index in [1.54, 1.807) is 0 Å². The number of guanidine groups is 1. The zero-order valence-corrected chi connectivity index (χ0v) is 19.1. The second-order valence-corrected chi connectivity index (χ2v) is 7.58. The third-order valence-electron chi connectivity index (χ3n) is 4.61. The number of amides is 4. The lowest BCUT2D eigenvalue weighted by molar-refractivity contribution is -0.138. The highest BCUT2D eigenvalue weighted by molar-refractivity contribution is 5.94. The van der Waals surface area contributed by atoms with E-state index in [1.807, 2.05) is 0 Å². The van der Waals surface area contributed by atoms with Crippen molar-refractivity contribution in [3.05, 3.63) is 0 Å². The van der Waals surface area contributed by atoms with Gasteiger partial charge in [0, 0.05) is 13.0 Å². The number of primary amides is 1. The van der Waals surface area contributed by atoms with Gasteiger partial charge in [-0.2, -0.15) is 0 Å². The Balaban J connectivity index is 5.33. The van der Waals surface area contributed by atoms with Gasteiger partial charge in [0.25, 0.3) is 0 Å². The molecule has 0 rings (SSSR count). The molecule has 0 saturated heterocycles. The molecule has 34 heavy (non-hydrogen) atoms. The Morgan fingerprint density at radius 3 is 2.00 bits per heavy atom. The molecule has 0 spiro atoms. The van der Waals surface area contributed by atoms with Crippen LogP contribution < -0.4 is 44.6 Å². The molecule has 15 heteroatoms. The summed E-state index contributed by atoms with van der Waals surface area (Å²) in [5.41, 5.74) is 27.0. The number of hydrogen-bond donors (Lipinski definition) is 9. The van der Waals surface area contributed by atoms with E-state index >= 15 is 0 Å². The van der Waals surface area contributed by atoms with Gasteiger partial charge in [-0.3, -0.25) is 29.0 Å². The fourth-order valence-electron chi connectivity index (χ4n) is 2.80. The number of nitrogens with zero attached hydrogens (tertiary/aromatic N) is 1. The molecule has 0 heterocycles. The highest BCUT2D eigenvalue weighted by Gasteiger charge is 2.28. The number of carbonyl (C=O) groups excluding carboxylic acids is 4. The number of nitrogens with two attached hydrogens (primary N) is 5. The zero-order chi connectivity index (χ0) is 26.1. The van der Waals surface area contributed by atoms with Crippen LogP contribution in [0.25, 0.3) is 0 Å². The van der Waals surface area contributed by atoms with E-state index in [9.17, 15) is 24.0 Å². The van der Waals surface area contributed by atoms with Crippen LogP contribution in [0, 0.1) is 0 Å². The van der Waals surface area contributed by atoms with Crippen molar-refractivity contribution in [2.45, 2.75) is 63.1 Å². The minimum Gasteiger partial charge on any atom is -0.480 e. The molecule has 3 atom stereocenters. The molecule has 0 fully saturated rings. The summed E-state index contributed by atoms with van der Waals surface area (Å²) in [6.45, 7) is -0.0362. The topological polar surface area (TPSA) is 284 Å². The molecule has 0 aromatic rings. The summed E-state index contributed by atoms with van der Waals surface area (Å²) < 4.78 is 0. The van der Waals surface area contributed by atoms with E-state index in [2.05, 4.69) is 20.9 Å². The highest BCUT2D eigenvalue weighted by Crippen LogP contribution is 2.05. The number of carbonyl (C=O) groups is 5. The van der Waals surface area contributed by atoms with E-state index in [0.717, 1.165) is 0 Å². The van der Waals surface area contributed by atoms with Crippen LogP contribution in [0.2, 0.25) is 0 Å². The molecule has 4 amide bonds. The molecule has 0 aliphatic carbocycles. The molecule has 0 saturated carbocycles. The molecular formula is C19H37N9O6. The van der Waals surface area contributed by atoms with Crippen LogP contribution in [0.5, 0.6) is 0 Å². The summed E-state index contributed by atoms with van der Waals surface area (Å²) in [6, 6.07) is -3.25. The van der Waals surface area contributed by atoms with Crippen molar-refractivity contribution in [3.63, 3.8) is 0 Å². The Labute approximate surface area is 197 Å². The average molecular weight is 488 g/mol. The van der Waals surface area contributed by atoms with Gasteiger partial charge < -0.3 is 49.7 Å². The first kappa shape index (κ1) is 30.5. The van der Waals surface area contributed by atoms with Gasteiger partial charge in [-0.25, -0.2) is 0 Å². The monoisotopic (exact) mass is 487 g/mol. The fourth-order valence-corrected chi connectivity index (χ4v) is 2.80. The molecule has 15 nitrogen and oxygen atoms in total. The van der Waals surface area contributed by atoms with Gasteiger partial charge in [0.1, 0.15) is 18.6 Å². The summed E-state index contributed by atoms with van der Waals surface area (Å²) in [7, 11) is 0. The summed E-state index contributed by atoms with van der Waals surface area (Å²) in [6.07, 6.45) is 1.67. The number of aliphatic imine (C=N–C) groups is 1. The standard InChI is InChI=1S/C19H37N9O6/c20-8-2-1-4-11(21)16(32)27-13(6-7-14(22)29)18(34)28-12(5-3-9-25-19(23)24)17(33)26-10-15(30)31/h11-13H,1-10,20-21H2,(H2,22,29)(H,26,33)(H,27,32)(H,28,34)(H,30,31)(H4,23,24,25). The van der Waals surface area contributed by atoms with Crippen LogP contribution in [-0.4, -0.2) is 78.4 Å². The Bertz CT molecular complexity index is 727. The lowest BCUT2D eigenvalue weighted by Gasteiger charge is -2.24. The lowest BCUT2D eigenvalue weighted by Crippen LogP contribution is -2.56.